The second-order valence-corrected chi connectivity index (χ2v) is 18.1. The first-order valence-corrected chi connectivity index (χ1v) is 26.2. The Hall–Kier alpha value is -0.760. The molecule has 0 aromatic rings. The number of carbonyl (C=O) groups excluding carboxylic acids is 1. The highest BCUT2D eigenvalue weighted by atomic mass is 31.2. The highest BCUT2D eigenvalue weighted by Crippen LogP contribution is 2.43. The Labute approximate surface area is 354 Å². The Morgan fingerprint density at radius 2 is 0.877 bits per heavy atom. The topological polar surface area (TPSA) is 117 Å². The van der Waals surface area contributed by atoms with E-state index < -0.39 is 13.9 Å². The Morgan fingerprint density at radius 3 is 1.28 bits per heavy atom. The van der Waals surface area contributed by atoms with Crippen molar-refractivity contribution >= 4 is 13.8 Å². The third-order valence-corrected chi connectivity index (χ3v) is 11.9. The van der Waals surface area contributed by atoms with Crippen LogP contribution in [0.4, 0.5) is 0 Å². The lowest BCUT2D eigenvalue weighted by molar-refractivity contribution is -0.154. The third-order valence-electron chi connectivity index (χ3n) is 10.9. The van der Waals surface area contributed by atoms with Crippen LogP contribution in [0, 0.1) is 0 Å². The van der Waals surface area contributed by atoms with Crippen LogP contribution >= 0.6 is 7.82 Å². The molecule has 0 fully saturated rings. The molecule has 57 heavy (non-hydrogen) atoms. The minimum atomic E-state index is -4.28. The summed E-state index contributed by atoms with van der Waals surface area (Å²) in [5, 5.41) is 0. The third kappa shape index (κ3) is 46.2. The molecular formula is C48H96NO7P. The van der Waals surface area contributed by atoms with Crippen molar-refractivity contribution < 1.29 is 32.8 Å². The summed E-state index contributed by atoms with van der Waals surface area (Å²) in [7, 11) is -4.28. The van der Waals surface area contributed by atoms with Crippen molar-refractivity contribution in [3.8, 4) is 0 Å². The minimum absolute atomic E-state index is 0.0921. The van der Waals surface area contributed by atoms with Gasteiger partial charge in [0, 0.05) is 19.6 Å². The number of rotatable bonds is 48. The average Bonchev–Trinajstić information content (AvgIpc) is 3.20. The van der Waals surface area contributed by atoms with Crippen LogP contribution < -0.4 is 5.73 Å². The lowest BCUT2D eigenvalue weighted by Gasteiger charge is -2.20. The number of hydrogen-bond acceptors (Lipinski definition) is 7. The van der Waals surface area contributed by atoms with Crippen LogP contribution in [-0.4, -0.2) is 49.9 Å². The van der Waals surface area contributed by atoms with Gasteiger partial charge in [-0.2, -0.15) is 0 Å². The number of esters is 1. The normalized spacial score (nSPS) is 13.4. The molecule has 9 heteroatoms. The van der Waals surface area contributed by atoms with E-state index in [2.05, 4.69) is 26.0 Å². The van der Waals surface area contributed by atoms with Gasteiger partial charge in [-0.05, 0) is 38.5 Å². The number of unbranched alkanes of at least 4 members (excludes halogenated alkanes) is 33. The number of allylic oxidation sites excluding steroid dienone is 2. The van der Waals surface area contributed by atoms with Gasteiger partial charge in [0.15, 0.2) is 0 Å². The highest BCUT2D eigenvalue weighted by molar-refractivity contribution is 7.47. The Kier molecular flexibility index (Phi) is 45.7. The molecule has 0 spiro atoms. The highest BCUT2D eigenvalue weighted by Gasteiger charge is 2.25. The molecule has 0 aliphatic heterocycles. The molecule has 0 aliphatic rings. The van der Waals surface area contributed by atoms with Crippen LogP contribution in [0.15, 0.2) is 12.2 Å². The van der Waals surface area contributed by atoms with E-state index in [0.29, 0.717) is 13.0 Å². The van der Waals surface area contributed by atoms with Gasteiger partial charge in [0.1, 0.15) is 6.10 Å². The first kappa shape index (κ1) is 56.2. The summed E-state index contributed by atoms with van der Waals surface area (Å²) in [4.78, 5) is 22.6. The predicted molar refractivity (Wildman–Crippen MR) is 243 cm³/mol. The summed E-state index contributed by atoms with van der Waals surface area (Å²) >= 11 is 0. The van der Waals surface area contributed by atoms with Gasteiger partial charge in [0.25, 0.3) is 0 Å². The number of nitrogens with two attached hydrogens (primary N) is 1. The van der Waals surface area contributed by atoms with Crippen LogP contribution in [0.25, 0.3) is 0 Å². The SMILES string of the molecule is CCCCCCCC/C=C\CCCCCCCCCCCC(=O)OC(COCCCCCCCCCCCCCCCCCCCCC)COP(=O)(O)OCCN. The first-order chi connectivity index (χ1) is 27.9. The number of phosphoric ester groups is 1. The molecule has 0 radical (unpaired) electrons. The van der Waals surface area contributed by atoms with Crippen molar-refractivity contribution in [3.63, 3.8) is 0 Å². The van der Waals surface area contributed by atoms with E-state index in [4.69, 9.17) is 24.3 Å². The van der Waals surface area contributed by atoms with Crippen LogP contribution in [0.5, 0.6) is 0 Å². The van der Waals surface area contributed by atoms with Gasteiger partial charge < -0.3 is 20.1 Å². The van der Waals surface area contributed by atoms with Gasteiger partial charge in [-0.25, -0.2) is 4.57 Å². The number of carbonyl (C=O) groups is 1. The van der Waals surface area contributed by atoms with Gasteiger partial charge in [0.05, 0.1) is 19.8 Å². The lowest BCUT2D eigenvalue weighted by atomic mass is 10.0. The molecule has 3 N–H and O–H groups in total. The van der Waals surface area contributed by atoms with E-state index >= 15 is 0 Å². The van der Waals surface area contributed by atoms with Crippen molar-refractivity contribution in [2.75, 3.05) is 33.0 Å². The molecule has 0 rings (SSSR count). The maximum absolute atomic E-state index is 12.6. The summed E-state index contributed by atoms with van der Waals surface area (Å²) in [5.41, 5.74) is 5.38. The largest absolute Gasteiger partial charge is 0.472 e. The molecule has 0 saturated heterocycles. The molecule has 0 aromatic heterocycles. The van der Waals surface area contributed by atoms with Gasteiger partial charge in [-0.3, -0.25) is 13.8 Å². The Bertz CT molecular complexity index is 889. The summed E-state index contributed by atoms with van der Waals surface area (Å²) in [6.45, 7) is 4.98. The molecule has 2 unspecified atom stereocenters. The monoisotopic (exact) mass is 830 g/mol. The van der Waals surface area contributed by atoms with Crippen molar-refractivity contribution in [2.24, 2.45) is 5.73 Å². The number of hydrogen-bond donors (Lipinski definition) is 2. The zero-order chi connectivity index (χ0) is 41.6. The summed E-state index contributed by atoms with van der Waals surface area (Å²) < 4.78 is 33.6. The fourth-order valence-electron chi connectivity index (χ4n) is 7.29. The lowest BCUT2D eigenvalue weighted by Crippen LogP contribution is -2.28. The van der Waals surface area contributed by atoms with E-state index in [-0.39, 0.29) is 32.3 Å². The maximum atomic E-state index is 12.6. The molecule has 0 bridgehead atoms. The molecular weight excluding hydrogens is 734 g/mol. The smallest absolute Gasteiger partial charge is 0.457 e. The molecule has 340 valence electrons. The van der Waals surface area contributed by atoms with E-state index in [1.165, 1.54) is 199 Å². The fourth-order valence-corrected chi connectivity index (χ4v) is 8.05. The van der Waals surface area contributed by atoms with E-state index in [0.717, 1.165) is 32.1 Å². The summed E-state index contributed by atoms with van der Waals surface area (Å²) in [5.74, 6) is -0.327. The first-order valence-electron chi connectivity index (χ1n) is 24.7. The number of ether oxygens (including phenoxy) is 2. The minimum Gasteiger partial charge on any atom is -0.457 e. The second kappa shape index (κ2) is 46.3. The van der Waals surface area contributed by atoms with Crippen LogP contribution in [0.3, 0.4) is 0 Å². The zero-order valence-electron chi connectivity index (χ0n) is 37.9. The zero-order valence-corrected chi connectivity index (χ0v) is 38.7. The van der Waals surface area contributed by atoms with Gasteiger partial charge in [-0.1, -0.05) is 219 Å². The van der Waals surface area contributed by atoms with Gasteiger partial charge >= 0.3 is 13.8 Å². The molecule has 2 atom stereocenters. The van der Waals surface area contributed by atoms with Gasteiger partial charge in [-0.15, -0.1) is 0 Å². The van der Waals surface area contributed by atoms with Crippen LogP contribution in [0.2, 0.25) is 0 Å². The standard InChI is InChI=1S/C48H96NO7P/c1-3-5-7-9-11-13-15-17-19-21-23-25-27-29-31-33-35-37-39-41-48(50)56-47(46-55-57(51,52)54-44-42-49)45-53-43-40-38-36-34-32-30-28-26-24-22-20-18-16-14-12-10-8-6-4-2/h17,19,47H,3-16,18,20-46,49H2,1-2H3,(H,51,52)/b19-17-. The molecule has 0 saturated carbocycles. The van der Waals surface area contributed by atoms with E-state index in [1.807, 2.05) is 0 Å². The second-order valence-electron chi connectivity index (χ2n) is 16.7. The van der Waals surface area contributed by atoms with Gasteiger partial charge in [0.2, 0.25) is 0 Å². The van der Waals surface area contributed by atoms with Crippen LogP contribution in [-0.2, 0) is 27.9 Å². The van der Waals surface area contributed by atoms with Crippen molar-refractivity contribution in [3.05, 3.63) is 12.2 Å². The quantitative estimate of drug-likeness (QED) is 0.0269. The Balaban J connectivity index is 3.92. The molecule has 0 aliphatic carbocycles. The van der Waals surface area contributed by atoms with Crippen molar-refractivity contribution in [1.29, 1.82) is 0 Å². The molecule has 0 amide bonds. The van der Waals surface area contributed by atoms with Crippen molar-refractivity contribution in [1.82, 2.24) is 0 Å². The summed E-state index contributed by atoms with van der Waals surface area (Å²) in [6, 6.07) is 0. The van der Waals surface area contributed by atoms with E-state index in [9.17, 15) is 14.3 Å². The molecule has 0 heterocycles. The Morgan fingerprint density at radius 1 is 0.509 bits per heavy atom. The molecule has 8 nitrogen and oxygen atoms in total. The average molecular weight is 830 g/mol. The maximum Gasteiger partial charge on any atom is 0.472 e. The van der Waals surface area contributed by atoms with E-state index in [1.54, 1.807) is 0 Å². The fraction of sp³-hybridized carbons (Fsp3) is 0.938. The summed E-state index contributed by atoms with van der Waals surface area (Å²) in [6.07, 6.45) is 50.9. The van der Waals surface area contributed by atoms with Crippen molar-refractivity contribution in [2.45, 2.75) is 258 Å². The molecule has 0 aromatic carbocycles. The predicted octanol–water partition coefficient (Wildman–Crippen LogP) is 15.0. The number of phosphoric acid groups is 1. The van der Waals surface area contributed by atoms with Crippen LogP contribution in [0.1, 0.15) is 251 Å².